The van der Waals surface area contributed by atoms with Crippen LogP contribution in [0.2, 0.25) is 0 Å². The van der Waals surface area contributed by atoms with Gasteiger partial charge in [0.15, 0.2) is 17.7 Å². The molecular formula is C19H21FN2O4. The summed E-state index contributed by atoms with van der Waals surface area (Å²) in [5.41, 5.74) is 5.62. The van der Waals surface area contributed by atoms with E-state index in [1.807, 2.05) is 31.2 Å². The number of benzene rings is 2. The standard InChI is InChI=1S/C19H21FN2O4/c1-13-7-9-15(10-8-13)25-12-11-18(23)21-22-19(24)14(2)26-17-6-4-3-5-16(17)20/h3-10,14H,11-12H2,1-2H3,(H,21,23)(H,22,24)/t14-/m0/s1. The molecule has 26 heavy (non-hydrogen) atoms. The minimum absolute atomic E-state index is 0.0343. The van der Waals surface area contributed by atoms with Gasteiger partial charge < -0.3 is 9.47 Å². The Morgan fingerprint density at radius 1 is 1.08 bits per heavy atom. The van der Waals surface area contributed by atoms with E-state index < -0.39 is 23.7 Å². The third kappa shape index (κ3) is 6.08. The van der Waals surface area contributed by atoms with E-state index in [0.717, 1.165) is 5.56 Å². The molecule has 2 aromatic carbocycles. The second-order valence-corrected chi connectivity index (χ2v) is 5.64. The van der Waals surface area contributed by atoms with Gasteiger partial charge in [-0.15, -0.1) is 0 Å². The van der Waals surface area contributed by atoms with Crippen molar-refractivity contribution < 1.29 is 23.5 Å². The zero-order chi connectivity index (χ0) is 18.9. The minimum Gasteiger partial charge on any atom is -0.493 e. The molecule has 0 saturated heterocycles. The highest BCUT2D eigenvalue weighted by Crippen LogP contribution is 2.16. The van der Waals surface area contributed by atoms with Crippen molar-refractivity contribution in [2.75, 3.05) is 6.61 Å². The van der Waals surface area contributed by atoms with E-state index in [1.54, 1.807) is 6.07 Å². The lowest BCUT2D eigenvalue weighted by atomic mass is 10.2. The molecule has 0 aliphatic heterocycles. The van der Waals surface area contributed by atoms with Gasteiger partial charge in [-0.2, -0.15) is 0 Å². The van der Waals surface area contributed by atoms with Gasteiger partial charge in [0, 0.05) is 0 Å². The van der Waals surface area contributed by atoms with Crippen molar-refractivity contribution in [3.05, 3.63) is 59.9 Å². The van der Waals surface area contributed by atoms with Crippen molar-refractivity contribution in [1.29, 1.82) is 0 Å². The molecule has 2 aromatic rings. The Balaban J connectivity index is 1.68. The van der Waals surface area contributed by atoms with E-state index in [1.165, 1.54) is 25.1 Å². The highest BCUT2D eigenvalue weighted by atomic mass is 19.1. The molecule has 0 radical (unpaired) electrons. The van der Waals surface area contributed by atoms with Gasteiger partial charge in [-0.3, -0.25) is 20.4 Å². The molecule has 0 aromatic heterocycles. The number of aryl methyl sites for hydroxylation is 1. The first-order valence-electron chi connectivity index (χ1n) is 8.15. The Bertz CT molecular complexity index is 749. The van der Waals surface area contributed by atoms with Crippen LogP contribution in [0, 0.1) is 12.7 Å². The largest absolute Gasteiger partial charge is 0.493 e. The first kappa shape index (κ1) is 19.2. The molecule has 7 heteroatoms. The number of amides is 2. The van der Waals surface area contributed by atoms with Gasteiger partial charge >= 0.3 is 0 Å². The summed E-state index contributed by atoms with van der Waals surface area (Å²) in [4.78, 5) is 23.6. The number of nitrogens with one attached hydrogen (secondary N) is 2. The summed E-state index contributed by atoms with van der Waals surface area (Å²) in [7, 11) is 0. The number of para-hydroxylation sites is 1. The van der Waals surface area contributed by atoms with E-state index in [2.05, 4.69) is 10.9 Å². The summed E-state index contributed by atoms with van der Waals surface area (Å²) in [5.74, 6) is -0.943. The lowest BCUT2D eigenvalue weighted by molar-refractivity contribution is -0.133. The van der Waals surface area contributed by atoms with Gasteiger partial charge in [0.1, 0.15) is 5.75 Å². The monoisotopic (exact) mass is 360 g/mol. The topological polar surface area (TPSA) is 76.7 Å². The van der Waals surface area contributed by atoms with Gasteiger partial charge in [-0.25, -0.2) is 4.39 Å². The van der Waals surface area contributed by atoms with Crippen LogP contribution in [-0.2, 0) is 9.59 Å². The summed E-state index contributed by atoms with van der Waals surface area (Å²) in [5, 5.41) is 0. The van der Waals surface area contributed by atoms with E-state index in [-0.39, 0.29) is 18.8 Å². The number of halogens is 1. The summed E-state index contributed by atoms with van der Waals surface area (Å²) < 4.78 is 24.2. The highest BCUT2D eigenvalue weighted by Gasteiger charge is 2.17. The number of ether oxygens (including phenoxy) is 2. The Morgan fingerprint density at radius 2 is 1.77 bits per heavy atom. The van der Waals surface area contributed by atoms with Crippen LogP contribution in [0.25, 0.3) is 0 Å². The molecular weight excluding hydrogens is 339 g/mol. The quantitative estimate of drug-likeness (QED) is 0.744. The van der Waals surface area contributed by atoms with Crippen LogP contribution < -0.4 is 20.3 Å². The van der Waals surface area contributed by atoms with Gasteiger partial charge in [-0.1, -0.05) is 29.8 Å². The third-order valence-corrected chi connectivity index (χ3v) is 3.45. The highest BCUT2D eigenvalue weighted by molar-refractivity contribution is 5.84. The molecule has 0 fully saturated rings. The maximum atomic E-state index is 13.5. The number of carbonyl (C=O) groups is 2. The molecule has 0 unspecified atom stereocenters. The fourth-order valence-electron chi connectivity index (χ4n) is 1.98. The molecule has 2 N–H and O–H groups in total. The number of hydrogen-bond acceptors (Lipinski definition) is 4. The first-order valence-corrected chi connectivity index (χ1v) is 8.15. The summed E-state index contributed by atoms with van der Waals surface area (Å²) in [6.07, 6.45) is -0.910. The van der Waals surface area contributed by atoms with Crippen LogP contribution >= 0.6 is 0 Å². The lowest BCUT2D eigenvalue weighted by Crippen LogP contribution is -2.47. The molecule has 2 rings (SSSR count). The smallest absolute Gasteiger partial charge is 0.279 e. The molecule has 0 bridgehead atoms. The number of hydrogen-bond donors (Lipinski definition) is 2. The lowest BCUT2D eigenvalue weighted by Gasteiger charge is -2.15. The maximum absolute atomic E-state index is 13.5. The van der Waals surface area contributed by atoms with E-state index in [9.17, 15) is 14.0 Å². The van der Waals surface area contributed by atoms with Gasteiger partial charge in [-0.05, 0) is 38.1 Å². The van der Waals surface area contributed by atoms with Crippen molar-refractivity contribution in [1.82, 2.24) is 10.9 Å². The van der Waals surface area contributed by atoms with Crippen molar-refractivity contribution >= 4 is 11.8 Å². The first-order chi connectivity index (χ1) is 12.5. The van der Waals surface area contributed by atoms with E-state index >= 15 is 0 Å². The maximum Gasteiger partial charge on any atom is 0.279 e. The van der Waals surface area contributed by atoms with Crippen LogP contribution in [-0.4, -0.2) is 24.5 Å². The van der Waals surface area contributed by atoms with Crippen LogP contribution in [0.1, 0.15) is 18.9 Å². The zero-order valence-corrected chi connectivity index (χ0v) is 14.6. The van der Waals surface area contributed by atoms with Crippen LogP contribution in [0.5, 0.6) is 11.5 Å². The SMILES string of the molecule is Cc1ccc(OCCC(=O)NNC(=O)[C@H](C)Oc2ccccc2F)cc1. The van der Waals surface area contributed by atoms with Crippen LogP contribution in [0.3, 0.4) is 0 Å². The third-order valence-electron chi connectivity index (χ3n) is 3.45. The molecule has 0 spiro atoms. The average Bonchev–Trinajstić information content (AvgIpc) is 2.63. The molecule has 0 heterocycles. The molecule has 1 atom stereocenters. The fourth-order valence-corrected chi connectivity index (χ4v) is 1.98. The fraction of sp³-hybridized carbons (Fsp3) is 0.263. The predicted octanol–water partition coefficient (Wildman–Crippen LogP) is 2.52. The minimum atomic E-state index is -0.976. The molecule has 6 nitrogen and oxygen atoms in total. The molecule has 2 amide bonds. The Morgan fingerprint density at radius 3 is 2.46 bits per heavy atom. The summed E-state index contributed by atoms with van der Waals surface area (Å²) in [6.45, 7) is 3.59. The molecule has 0 aliphatic rings. The van der Waals surface area contributed by atoms with Crippen molar-refractivity contribution in [2.45, 2.75) is 26.4 Å². The Hall–Kier alpha value is -3.09. The van der Waals surface area contributed by atoms with E-state index in [4.69, 9.17) is 9.47 Å². The van der Waals surface area contributed by atoms with Crippen molar-refractivity contribution in [3.63, 3.8) is 0 Å². The van der Waals surface area contributed by atoms with Gasteiger partial charge in [0.25, 0.3) is 5.91 Å². The van der Waals surface area contributed by atoms with E-state index in [0.29, 0.717) is 5.75 Å². The van der Waals surface area contributed by atoms with Gasteiger partial charge in [0.2, 0.25) is 5.91 Å². The number of rotatable bonds is 7. The van der Waals surface area contributed by atoms with Crippen molar-refractivity contribution in [2.24, 2.45) is 0 Å². The van der Waals surface area contributed by atoms with Crippen LogP contribution in [0.4, 0.5) is 4.39 Å². The second kappa shape index (κ2) is 9.41. The second-order valence-electron chi connectivity index (χ2n) is 5.64. The van der Waals surface area contributed by atoms with Gasteiger partial charge in [0.05, 0.1) is 13.0 Å². The predicted molar refractivity (Wildman–Crippen MR) is 94.1 cm³/mol. The Kier molecular flexibility index (Phi) is 6.96. The summed E-state index contributed by atoms with van der Waals surface area (Å²) >= 11 is 0. The molecule has 0 aliphatic carbocycles. The molecule has 0 saturated carbocycles. The van der Waals surface area contributed by atoms with Crippen LogP contribution in [0.15, 0.2) is 48.5 Å². The molecule has 138 valence electrons. The summed E-state index contributed by atoms with van der Waals surface area (Å²) in [6, 6.07) is 13.2. The normalized spacial score (nSPS) is 11.3. The number of carbonyl (C=O) groups excluding carboxylic acids is 2. The number of hydrazine groups is 1. The zero-order valence-electron chi connectivity index (χ0n) is 14.6. The average molecular weight is 360 g/mol. The Labute approximate surface area is 151 Å². The van der Waals surface area contributed by atoms with Crippen molar-refractivity contribution in [3.8, 4) is 11.5 Å².